The van der Waals surface area contributed by atoms with Gasteiger partial charge in [0.2, 0.25) is 0 Å². The van der Waals surface area contributed by atoms with Crippen LogP contribution in [-0.4, -0.2) is 54.0 Å². The third-order valence-electron chi connectivity index (χ3n) is 5.98. The third kappa shape index (κ3) is 3.55. The van der Waals surface area contributed by atoms with Crippen LogP contribution in [0.2, 0.25) is 0 Å². The van der Waals surface area contributed by atoms with E-state index in [4.69, 9.17) is 9.47 Å². The number of carbonyl (C=O) groups is 1. The molecule has 8 heteroatoms. The Bertz CT molecular complexity index is 1160. The van der Waals surface area contributed by atoms with Crippen molar-refractivity contribution in [2.75, 3.05) is 36.5 Å². The summed E-state index contributed by atoms with van der Waals surface area (Å²) in [4.78, 5) is 19.2. The van der Waals surface area contributed by atoms with Gasteiger partial charge in [-0.05, 0) is 55.8 Å². The Kier molecular flexibility index (Phi) is 4.98. The monoisotopic (exact) mass is 437 g/mol. The predicted molar refractivity (Wildman–Crippen MR) is 118 cm³/mol. The molecule has 0 saturated carbocycles. The second kappa shape index (κ2) is 7.72. The molecule has 7 nitrogen and oxygen atoms in total. The summed E-state index contributed by atoms with van der Waals surface area (Å²) in [5, 5.41) is 12.1. The number of halogens is 1. The highest BCUT2D eigenvalue weighted by Gasteiger charge is 2.38. The molecule has 2 aromatic rings. The number of hydrogen-bond donors (Lipinski definition) is 2. The number of aliphatic hydroxyl groups is 1. The maximum absolute atomic E-state index is 13.6. The van der Waals surface area contributed by atoms with Crippen molar-refractivity contribution in [3.8, 4) is 0 Å². The molecular formula is C24H24FN3O4. The van der Waals surface area contributed by atoms with E-state index in [0.717, 1.165) is 17.0 Å². The minimum atomic E-state index is -0.678. The van der Waals surface area contributed by atoms with E-state index in [0.29, 0.717) is 42.3 Å². The molecule has 3 aliphatic rings. The van der Waals surface area contributed by atoms with Crippen LogP contribution in [0.3, 0.4) is 0 Å². The molecule has 0 aliphatic carbocycles. The van der Waals surface area contributed by atoms with Gasteiger partial charge in [0, 0.05) is 30.4 Å². The lowest BCUT2D eigenvalue weighted by Gasteiger charge is -2.33. The first kappa shape index (κ1) is 20.7. The van der Waals surface area contributed by atoms with Crippen LogP contribution < -0.4 is 10.2 Å². The maximum Gasteiger partial charge on any atom is 0.260 e. The lowest BCUT2D eigenvalue weighted by atomic mass is 9.92. The number of aromatic nitrogens is 1. The van der Waals surface area contributed by atoms with Crippen LogP contribution in [-0.2, 0) is 14.3 Å². The highest BCUT2D eigenvalue weighted by atomic mass is 19.1. The standard InChI is InChI=1S/C24H24FN3O4/c1-24(2)18(14-5-6-26-21(9-14)28-7-8-31-16(12-28)13-29)11-20(32-24)22-17-4-3-15(25)10-19(17)27-23(22)30/h3-6,9-11,16,29H,7-8,12-13H2,1-2H3,(H,27,30)/b22-20+. The third-order valence-corrected chi connectivity index (χ3v) is 5.98. The minimum absolute atomic E-state index is 0.0351. The van der Waals surface area contributed by atoms with Crippen LogP contribution in [0.5, 0.6) is 0 Å². The van der Waals surface area contributed by atoms with Crippen molar-refractivity contribution in [3.05, 3.63) is 65.3 Å². The molecule has 3 aliphatic heterocycles. The zero-order valence-electron chi connectivity index (χ0n) is 17.9. The highest BCUT2D eigenvalue weighted by molar-refractivity contribution is 6.32. The molecule has 166 valence electrons. The number of pyridine rings is 1. The SMILES string of the molecule is CC1(C)O/C(=C2/C(=O)Nc3cc(F)ccc32)C=C1c1ccnc(N2CCOC(CO)C2)c1. The summed E-state index contributed by atoms with van der Waals surface area (Å²) in [6.07, 6.45) is 3.39. The molecule has 2 N–H and O–H groups in total. The van der Waals surface area contributed by atoms with Gasteiger partial charge in [-0.3, -0.25) is 4.79 Å². The molecule has 0 radical (unpaired) electrons. The quantitative estimate of drug-likeness (QED) is 0.719. The van der Waals surface area contributed by atoms with Crippen LogP contribution in [0, 0.1) is 5.82 Å². The Labute approximate surface area is 185 Å². The van der Waals surface area contributed by atoms with E-state index in [-0.39, 0.29) is 18.6 Å². The van der Waals surface area contributed by atoms with Gasteiger partial charge in [0.25, 0.3) is 5.91 Å². The maximum atomic E-state index is 13.6. The largest absolute Gasteiger partial charge is 0.482 e. The molecule has 5 rings (SSSR count). The zero-order chi connectivity index (χ0) is 22.5. The average Bonchev–Trinajstić information content (AvgIpc) is 3.27. The van der Waals surface area contributed by atoms with Gasteiger partial charge in [0.1, 0.15) is 23.0 Å². The number of carbonyl (C=O) groups excluding carboxylic acids is 1. The molecule has 1 aromatic carbocycles. The van der Waals surface area contributed by atoms with Gasteiger partial charge < -0.3 is 24.8 Å². The second-order valence-corrected chi connectivity index (χ2v) is 8.58. The van der Waals surface area contributed by atoms with Crippen LogP contribution in [0.1, 0.15) is 25.0 Å². The van der Waals surface area contributed by atoms with Gasteiger partial charge in [0.15, 0.2) is 0 Å². The summed E-state index contributed by atoms with van der Waals surface area (Å²) in [6.45, 7) is 5.64. The summed E-state index contributed by atoms with van der Waals surface area (Å²) < 4.78 is 25.4. The van der Waals surface area contributed by atoms with Crippen molar-refractivity contribution in [2.24, 2.45) is 0 Å². The fourth-order valence-corrected chi connectivity index (χ4v) is 4.40. The Morgan fingerprint density at radius 3 is 2.97 bits per heavy atom. The number of amides is 1. The normalized spacial score (nSPS) is 24.1. The number of benzene rings is 1. The van der Waals surface area contributed by atoms with Crippen molar-refractivity contribution in [1.29, 1.82) is 0 Å². The first-order valence-corrected chi connectivity index (χ1v) is 10.6. The van der Waals surface area contributed by atoms with Crippen LogP contribution in [0.25, 0.3) is 11.1 Å². The molecule has 4 heterocycles. The van der Waals surface area contributed by atoms with Crippen molar-refractivity contribution in [2.45, 2.75) is 25.6 Å². The molecule has 1 unspecified atom stereocenters. The summed E-state index contributed by atoms with van der Waals surface area (Å²) >= 11 is 0. The molecule has 0 bridgehead atoms. The van der Waals surface area contributed by atoms with Crippen molar-refractivity contribution < 1.29 is 23.8 Å². The van der Waals surface area contributed by atoms with Gasteiger partial charge in [0.05, 0.1) is 30.6 Å². The molecule has 1 fully saturated rings. The molecule has 1 aromatic heterocycles. The van der Waals surface area contributed by atoms with E-state index in [9.17, 15) is 14.3 Å². The molecular weight excluding hydrogens is 413 g/mol. The van der Waals surface area contributed by atoms with Gasteiger partial charge in [-0.1, -0.05) is 0 Å². The minimum Gasteiger partial charge on any atom is -0.482 e. The molecule has 0 spiro atoms. The number of hydrogen-bond acceptors (Lipinski definition) is 6. The second-order valence-electron chi connectivity index (χ2n) is 8.58. The number of aliphatic hydroxyl groups excluding tert-OH is 1. The zero-order valence-corrected chi connectivity index (χ0v) is 17.9. The van der Waals surface area contributed by atoms with E-state index in [1.165, 1.54) is 12.1 Å². The van der Waals surface area contributed by atoms with Crippen LogP contribution >= 0.6 is 0 Å². The lowest BCUT2D eigenvalue weighted by molar-refractivity contribution is -0.111. The average molecular weight is 437 g/mol. The summed E-state index contributed by atoms with van der Waals surface area (Å²) in [6, 6.07) is 8.14. The summed E-state index contributed by atoms with van der Waals surface area (Å²) in [7, 11) is 0. The topological polar surface area (TPSA) is 83.9 Å². The van der Waals surface area contributed by atoms with Crippen LogP contribution in [0.15, 0.2) is 48.4 Å². The number of anilines is 2. The molecule has 1 atom stereocenters. The van der Waals surface area contributed by atoms with Gasteiger partial charge in [-0.2, -0.15) is 0 Å². The van der Waals surface area contributed by atoms with E-state index in [1.807, 2.05) is 32.1 Å². The lowest BCUT2D eigenvalue weighted by Crippen LogP contribution is -2.44. The van der Waals surface area contributed by atoms with E-state index in [1.54, 1.807) is 12.3 Å². The Balaban J connectivity index is 1.53. The van der Waals surface area contributed by atoms with Gasteiger partial charge in [-0.25, -0.2) is 9.37 Å². The number of nitrogens with one attached hydrogen (secondary N) is 1. The first-order chi connectivity index (χ1) is 15.4. The first-order valence-electron chi connectivity index (χ1n) is 10.6. The van der Waals surface area contributed by atoms with Gasteiger partial charge in [-0.15, -0.1) is 0 Å². The fraction of sp³-hybridized carbons (Fsp3) is 0.333. The number of ether oxygens (including phenoxy) is 2. The van der Waals surface area contributed by atoms with Crippen molar-refractivity contribution >= 4 is 28.6 Å². The summed E-state index contributed by atoms with van der Waals surface area (Å²) in [5.74, 6) is 0.530. The number of allylic oxidation sites excluding steroid dienone is 1. The predicted octanol–water partition coefficient (Wildman–Crippen LogP) is 2.97. The Morgan fingerprint density at radius 1 is 1.31 bits per heavy atom. The number of morpholine rings is 1. The van der Waals surface area contributed by atoms with Crippen molar-refractivity contribution in [1.82, 2.24) is 4.98 Å². The van der Waals surface area contributed by atoms with Crippen LogP contribution in [0.4, 0.5) is 15.9 Å². The van der Waals surface area contributed by atoms with E-state index in [2.05, 4.69) is 15.2 Å². The number of rotatable bonds is 3. The Hall–Kier alpha value is -3.23. The van der Waals surface area contributed by atoms with Crippen molar-refractivity contribution in [3.63, 3.8) is 0 Å². The number of nitrogens with zero attached hydrogens (tertiary/aromatic N) is 2. The number of fused-ring (bicyclic) bond motifs is 1. The molecule has 1 amide bonds. The highest BCUT2D eigenvalue weighted by Crippen LogP contribution is 2.44. The molecule has 32 heavy (non-hydrogen) atoms. The fourth-order valence-electron chi connectivity index (χ4n) is 4.40. The Morgan fingerprint density at radius 2 is 2.16 bits per heavy atom. The summed E-state index contributed by atoms with van der Waals surface area (Å²) in [5.41, 5.74) is 2.63. The van der Waals surface area contributed by atoms with E-state index >= 15 is 0 Å². The smallest absolute Gasteiger partial charge is 0.260 e. The van der Waals surface area contributed by atoms with Gasteiger partial charge >= 0.3 is 0 Å². The molecule has 1 saturated heterocycles. The van der Waals surface area contributed by atoms with E-state index < -0.39 is 11.4 Å².